The molecule has 2 rings (SSSR count). The zero-order valence-electron chi connectivity index (χ0n) is 16.7. The number of nitrogens with one attached hydrogen (secondary N) is 2. The van der Waals surface area contributed by atoms with E-state index in [0.717, 1.165) is 44.6 Å². The van der Waals surface area contributed by atoms with E-state index in [1.54, 1.807) is 0 Å². The number of halogens is 1. The number of benzene rings is 1. The van der Waals surface area contributed by atoms with Crippen molar-refractivity contribution in [1.29, 1.82) is 0 Å². The van der Waals surface area contributed by atoms with Crippen LogP contribution >= 0.6 is 12.4 Å². The molecule has 0 aliphatic carbocycles. The molecule has 6 heteroatoms. The summed E-state index contributed by atoms with van der Waals surface area (Å²) in [5.41, 5.74) is 0.851. The molecular formula is C21H34ClN3O2. The molecule has 0 saturated carbocycles. The van der Waals surface area contributed by atoms with Gasteiger partial charge in [-0.1, -0.05) is 51.1 Å². The maximum absolute atomic E-state index is 13.1. The van der Waals surface area contributed by atoms with Crippen molar-refractivity contribution in [2.75, 3.05) is 26.2 Å². The first-order chi connectivity index (χ1) is 12.5. The van der Waals surface area contributed by atoms with Gasteiger partial charge in [-0.25, -0.2) is 0 Å². The molecule has 1 aliphatic heterocycles. The number of piperidine rings is 1. The zero-order chi connectivity index (χ0) is 18.9. The van der Waals surface area contributed by atoms with E-state index in [0.29, 0.717) is 12.3 Å². The van der Waals surface area contributed by atoms with Crippen LogP contribution < -0.4 is 10.6 Å². The van der Waals surface area contributed by atoms with Crippen molar-refractivity contribution in [1.82, 2.24) is 15.5 Å². The fourth-order valence-electron chi connectivity index (χ4n) is 3.41. The van der Waals surface area contributed by atoms with Crippen LogP contribution in [0.2, 0.25) is 0 Å². The lowest BCUT2D eigenvalue weighted by atomic mass is 9.95. The Morgan fingerprint density at radius 3 is 2.33 bits per heavy atom. The highest BCUT2D eigenvalue weighted by Crippen LogP contribution is 2.22. The number of carbonyl (C=O) groups is 2. The van der Waals surface area contributed by atoms with E-state index in [-0.39, 0.29) is 30.1 Å². The molecule has 1 fully saturated rings. The highest BCUT2D eigenvalue weighted by atomic mass is 35.5. The molecule has 0 aromatic heterocycles. The molecule has 5 nitrogen and oxygen atoms in total. The van der Waals surface area contributed by atoms with Gasteiger partial charge in [0.1, 0.15) is 6.04 Å². The summed E-state index contributed by atoms with van der Waals surface area (Å²) in [5, 5.41) is 6.36. The van der Waals surface area contributed by atoms with Crippen molar-refractivity contribution in [2.45, 2.75) is 46.1 Å². The van der Waals surface area contributed by atoms with Gasteiger partial charge >= 0.3 is 0 Å². The number of hydrogen-bond acceptors (Lipinski definition) is 3. The summed E-state index contributed by atoms with van der Waals surface area (Å²) < 4.78 is 0. The third-order valence-electron chi connectivity index (χ3n) is 4.89. The van der Waals surface area contributed by atoms with Crippen LogP contribution in [0.3, 0.4) is 0 Å². The van der Waals surface area contributed by atoms with Gasteiger partial charge in [0.25, 0.3) is 0 Å². The normalized spacial score (nSPS) is 15.9. The lowest BCUT2D eigenvalue weighted by molar-refractivity contribution is -0.138. The van der Waals surface area contributed by atoms with Crippen LogP contribution in [0, 0.1) is 11.8 Å². The predicted octanol–water partition coefficient (Wildman–Crippen LogP) is 3.16. The number of carbonyl (C=O) groups excluding carboxylic acids is 2. The third-order valence-corrected chi connectivity index (χ3v) is 4.89. The topological polar surface area (TPSA) is 61.4 Å². The number of hydrogen-bond donors (Lipinski definition) is 2. The summed E-state index contributed by atoms with van der Waals surface area (Å²) in [5.74, 6) is 0.840. The first-order valence-electron chi connectivity index (χ1n) is 9.85. The molecule has 1 aromatic rings. The molecule has 1 saturated heterocycles. The summed E-state index contributed by atoms with van der Waals surface area (Å²) in [4.78, 5) is 27.4. The smallest absolute Gasteiger partial charge is 0.249 e. The maximum Gasteiger partial charge on any atom is 0.249 e. The predicted molar refractivity (Wildman–Crippen MR) is 112 cm³/mol. The zero-order valence-corrected chi connectivity index (χ0v) is 17.6. The summed E-state index contributed by atoms with van der Waals surface area (Å²) in [6, 6.07) is 8.98. The monoisotopic (exact) mass is 395 g/mol. The second kappa shape index (κ2) is 12.0. The molecular weight excluding hydrogens is 362 g/mol. The molecule has 1 heterocycles. The van der Waals surface area contributed by atoms with Gasteiger partial charge in [-0.2, -0.15) is 0 Å². The fraction of sp³-hybridized carbons (Fsp3) is 0.619. The Bertz CT molecular complexity index is 572. The first kappa shape index (κ1) is 23.4. The molecule has 27 heavy (non-hydrogen) atoms. The van der Waals surface area contributed by atoms with Gasteiger partial charge in [0, 0.05) is 19.5 Å². The van der Waals surface area contributed by atoms with Crippen LogP contribution in [0.5, 0.6) is 0 Å². The van der Waals surface area contributed by atoms with Crippen LogP contribution in [0.25, 0.3) is 0 Å². The Balaban J connectivity index is 0.00000364. The molecule has 1 atom stereocenters. The quantitative estimate of drug-likeness (QED) is 0.710. The van der Waals surface area contributed by atoms with Gasteiger partial charge in [-0.3, -0.25) is 9.59 Å². The van der Waals surface area contributed by atoms with E-state index >= 15 is 0 Å². The molecule has 1 aliphatic rings. The van der Waals surface area contributed by atoms with Crippen molar-refractivity contribution in [3.8, 4) is 0 Å². The Morgan fingerprint density at radius 2 is 1.78 bits per heavy atom. The molecule has 1 unspecified atom stereocenters. The van der Waals surface area contributed by atoms with Crippen LogP contribution in [-0.4, -0.2) is 42.9 Å². The van der Waals surface area contributed by atoms with Crippen LogP contribution in [0.4, 0.5) is 0 Å². The van der Waals surface area contributed by atoms with Gasteiger partial charge in [0.15, 0.2) is 0 Å². The molecule has 0 spiro atoms. The van der Waals surface area contributed by atoms with Crippen molar-refractivity contribution >= 4 is 24.2 Å². The highest BCUT2D eigenvalue weighted by Gasteiger charge is 2.30. The number of amides is 2. The largest absolute Gasteiger partial charge is 0.341 e. The van der Waals surface area contributed by atoms with E-state index < -0.39 is 6.04 Å². The van der Waals surface area contributed by atoms with Gasteiger partial charge in [0.05, 0.1) is 0 Å². The van der Waals surface area contributed by atoms with Crippen molar-refractivity contribution in [3.05, 3.63) is 35.9 Å². The minimum Gasteiger partial charge on any atom is -0.341 e. The molecule has 152 valence electrons. The minimum atomic E-state index is -0.590. The van der Waals surface area contributed by atoms with E-state index in [1.165, 1.54) is 0 Å². The minimum absolute atomic E-state index is 0. The standard InChI is InChI=1S/C21H33N3O2.ClH/c1-4-22-15-17-10-12-24(13-11-17)21(26)20(18-8-6-5-7-9-18)23-19(25)14-16(2)3;/h5-9,16-17,20,22H,4,10-15H2,1-3H3,(H,23,25);1H. The number of rotatable bonds is 8. The summed E-state index contributed by atoms with van der Waals surface area (Å²) >= 11 is 0. The van der Waals surface area contributed by atoms with Gasteiger partial charge in [-0.15, -0.1) is 12.4 Å². The lowest BCUT2D eigenvalue weighted by Gasteiger charge is -2.34. The van der Waals surface area contributed by atoms with E-state index in [1.807, 2.05) is 49.1 Å². The number of nitrogens with zero attached hydrogens (tertiary/aromatic N) is 1. The summed E-state index contributed by atoms with van der Waals surface area (Å²) in [7, 11) is 0. The Morgan fingerprint density at radius 1 is 1.15 bits per heavy atom. The van der Waals surface area contributed by atoms with Crippen molar-refractivity contribution in [2.24, 2.45) is 11.8 Å². The maximum atomic E-state index is 13.1. The Labute approximate surface area is 169 Å². The lowest BCUT2D eigenvalue weighted by Crippen LogP contribution is -2.47. The molecule has 0 radical (unpaired) electrons. The van der Waals surface area contributed by atoms with Gasteiger partial charge in [0.2, 0.25) is 11.8 Å². The molecule has 2 N–H and O–H groups in total. The molecule has 1 aromatic carbocycles. The second-order valence-corrected chi connectivity index (χ2v) is 7.59. The SMILES string of the molecule is CCNCC1CCN(C(=O)C(NC(=O)CC(C)C)c2ccccc2)CC1.Cl. The van der Waals surface area contributed by atoms with E-state index in [4.69, 9.17) is 0 Å². The summed E-state index contributed by atoms with van der Waals surface area (Å²) in [6.07, 6.45) is 2.46. The Hall–Kier alpha value is -1.59. The average Bonchev–Trinajstić information content (AvgIpc) is 2.64. The highest BCUT2D eigenvalue weighted by molar-refractivity contribution is 5.88. The first-order valence-corrected chi connectivity index (χ1v) is 9.85. The fourth-order valence-corrected chi connectivity index (χ4v) is 3.41. The van der Waals surface area contributed by atoms with Gasteiger partial charge in [-0.05, 0) is 43.3 Å². The van der Waals surface area contributed by atoms with E-state index in [9.17, 15) is 9.59 Å². The van der Waals surface area contributed by atoms with Crippen LogP contribution in [0.15, 0.2) is 30.3 Å². The van der Waals surface area contributed by atoms with Gasteiger partial charge < -0.3 is 15.5 Å². The van der Waals surface area contributed by atoms with Crippen molar-refractivity contribution in [3.63, 3.8) is 0 Å². The van der Waals surface area contributed by atoms with Crippen molar-refractivity contribution < 1.29 is 9.59 Å². The summed E-state index contributed by atoms with van der Waals surface area (Å²) in [6.45, 7) is 9.66. The Kier molecular flexibility index (Phi) is 10.4. The average molecular weight is 396 g/mol. The third kappa shape index (κ3) is 7.51. The van der Waals surface area contributed by atoms with Crippen LogP contribution in [0.1, 0.15) is 51.6 Å². The molecule has 2 amide bonds. The second-order valence-electron chi connectivity index (χ2n) is 7.59. The number of likely N-dealkylation sites (tertiary alicyclic amines) is 1. The van der Waals surface area contributed by atoms with Crippen LogP contribution in [-0.2, 0) is 9.59 Å². The van der Waals surface area contributed by atoms with E-state index in [2.05, 4.69) is 17.6 Å². The molecule has 0 bridgehead atoms.